The number of fused-ring (bicyclic) bond motifs is 1. The summed E-state index contributed by atoms with van der Waals surface area (Å²) in [5.74, 6) is -0.133. The molecule has 0 atom stereocenters. The molecule has 0 radical (unpaired) electrons. The number of nitrogens with one attached hydrogen (secondary N) is 1. The Morgan fingerprint density at radius 3 is 2.80 bits per heavy atom. The molecule has 6 nitrogen and oxygen atoms in total. The van der Waals surface area contributed by atoms with Crippen LogP contribution in [0.1, 0.15) is 12.0 Å². The number of amides is 1. The second-order valence-corrected chi connectivity index (χ2v) is 6.39. The van der Waals surface area contributed by atoms with Gasteiger partial charge in [-0.1, -0.05) is 35.3 Å². The van der Waals surface area contributed by atoms with Gasteiger partial charge in [-0.2, -0.15) is 0 Å². The molecule has 0 saturated heterocycles. The van der Waals surface area contributed by atoms with Crippen LogP contribution in [-0.4, -0.2) is 26.6 Å². The van der Waals surface area contributed by atoms with E-state index in [1.807, 2.05) is 6.07 Å². The summed E-state index contributed by atoms with van der Waals surface area (Å²) in [4.78, 5) is 24.1. The molecule has 0 saturated carbocycles. The lowest BCUT2D eigenvalue weighted by atomic mass is 10.1. The Bertz CT molecular complexity index is 965. The maximum absolute atomic E-state index is 12.1. The number of carbonyl (C=O) groups is 1. The summed E-state index contributed by atoms with van der Waals surface area (Å²) in [6, 6.07) is 10.4. The summed E-state index contributed by atoms with van der Waals surface area (Å²) in [6.07, 6.45) is 2.47. The van der Waals surface area contributed by atoms with Gasteiger partial charge in [0.25, 0.3) is 0 Å². The molecule has 0 bridgehead atoms. The molecule has 3 aromatic rings. The molecule has 1 N–H and O–H groups in total. The third-order valence-electron chi connectivity index (χ3n) is 3.72. The minimum atomic E-state index is -0.185. The highest BCUT2D eigenvalue weighted by atomic mass is 35.5. The maximum atomic E-state index is 12.1. The predicted molar refractivity (Wildman–Crippen MR) is 97.2 cm³/mol. The Morgan fingerprint density at radius 1 is 1.20 bits per heavy atom. The smallest absolute Gasteiger partial charge is 0.350 e. The summed E-state index contributed by atoms with van der Waals surface area (Å²) >= 11 is 11.9. The zero-order valence-corrected chi connectivity index (χ0v) is 14.8. The molecule has 2 aromatic heterocycles. The molecular formula is C17H16Cl2N4O2. The molecule has 2 heterocycles. The Morgan fingerprint density at radius 2 is 2.04 bits per heavy atom. The fourth-order valence-corrected chi connectivity index (χ4v) is 2.95. The molecule has 0 spiro atoms. The Kier molecular flexibility index (Phi) is 5.40. The van der Waals surface area contributed by atoms with Gasteiger partial charge < -0.3 is 5.32 Å². The summed E-state index contributed by atoms with van der Waals surface area (Å²) in [7, 11) is 0. The molecule has 1 amide bonds. The number of aryl methyl sites for hydroxylation is 1. The number of nitrogens with zero attached hydrogens (tertiary/aromatic N) is 3. The number of rotatable bonds is 6. The van der Waals surface area contributed by atoms with Crippen LogP contribution in [0, 0.1) is 0 Å². The van der Waals surface area contributed by atoms with Crippen molar-refractivity contribution in [2.24, 2.45) is 0 Å². The predicted octanol–water partition coefficient (Wildman–Crippen LogP) is 2.55. The van der Waals surface area contributed by atoms with Crippen LogP contribution in [-0.2, 0) is 17.8 Å². The van der Waals surface area contributed by atoms with Gasteiger partial charge in [-0.25, -0.2) is 9.48 Å². The van der Waals surface area contributed by atoms with Gasteiger partial charge in [0.15, 0.2) is 5.65 Å². The second-order valence-electron chi connectivity index (χ2n) is 5.55. The third kappa shape index (κ3) is 4.21. The van der Waals surface area contributed by atoms with E-state index in [-0.39, 0.29) is 18.0 Å². The van der Waals surface area contributed by atoms with E-state index in [9.17, 15) is 9.59 Å². The molecule has 0 aliphatic heterocycles. The summed E-state index contributed by atoms with van der Waals surface area (Å²) in [6.45, 7) is 0.882. The summed E-state index contributed by atoms with van der Waals surface area (Å²) in [5.41, 5.74) is 1.14. The molecule has 8 heteroatoms. The van der Waals surface area contributed by atoms with Gasteiger partial charge >= 0.3 is 5.69 Å². The van der Waals surface area contributed by atoms with Crippen LogP contribution >= 0.6 is 23.2 Å². The fourth-order valence-electron chi connectivity index (χ4n) is 2.47. The van der Waals surface area contributed by atoms with Crippen molar-refractivity contribution in [2.75, 3.05) is 6.54 Å². The van der Waals surface area contributed by atoms with Crippen molar-refractivity contribution in [1.29, 1.82) is 0 Å². The van der Waals surface area contributed by atoms with Crippen LogP contribution in [0.4, 0.5) is 0 Å². The van der Waals surface area contributed by atoms with Gasteiger partial charge in [0.05, 0.1) is 6.42 Å². The van der Waals surface area contributed by atoms with E-state index in [0.29, 0.717) is 35.2 Å². The van der Waals surface area contributed by atoms with Gasteiger partial charge in [0.2, 0.25) is 5.91 Å². The van der Waals surface area contributed by atoms with Crippen molar-refractivity contribution in [3.63, 3.8) is 0 Å². The SMILES string of the molecule is O=C(Cc1ccc(Cl)cc1Cl)NCCCn1nc2ccccn2c1=O. The Labute approximate surface area is 154 Å². The number of halogens is 2. The van der Waals surface area contributed by atoms with E-state index in [1.54, 1.807) is 36.5 Å². The molecule has 0 unspecified atom stereocenters. The van der Waals surface area contributed by atoms with Crippen LogP contribution in [0.2, 0.25) is 10.0 Å². The number of benzene rings is 1. The van der Waals surface area contributed by atoms with Crippen molar-refractivity contribution >= 4 is 34.8 Å². The molecule has 3 rings (SSSR count). The summed E-state index contributed by atoms with van der Waals surface area (Å²) in [5, 5.41) is 8.06. The van der Waals surface area contributed by atoms with Crippen LogP contribution in [0.25, 0.3) is 5.65 Å². The quantitative estimate of drug-likeness (QED) is 0.670. The minimum absolute atomic E-state index is 0.133. The zero-order chi connectivity index (χ0) is 17.8. The number of pyridine rings is 1. The Hall–Kier alpha value is -2.31. The van der Waals surface area contributed by atoms with Crippen molar-refractivity contribution < 1.29 is 4.79 Å². The van der Waals surface area contributed by atoms with Gasteiger partial charge in [0.1, 0.15) is 0 Å². The molecule has 130 valence electrons. The van der Waals surface area contributed by atoms with Crippen LogP contribution in [0.3, 0.4) is 0 Å². The van der Waals surface area contributed by atoms with E-state index in [2.05, 4.69) is 10.4 Å². The standard InChI is InChI=1S/C17H16Cl2N4O2/c18-13-6-5-12(14(19)11-13)10-16(24)20-7-3-9-23-17(25)22-8-2-1-4-15(22)21-23/h1-2,4-6,8,11H,3,7,9-10H2,(H,20,24). The molecular weight excluding hydrogens is 363 g/mol. The lowest BCUT2D eigenvalue weighted by Crippen LogP contribution is -2.28. The van der Waals surface area contributed by atoms with Gasteiger partial charge in [-0.3, -0.25) is 9.20 Å². The first-order valence-corrected chi connectivity index (χ1v) is 8.55. The maximum Gasteiger partial charge on any atom is 0.350 e. The second kappa shape index (κ2) is 7.72. The average molecular weight is 379 g/mol. The van der Waals surface area contributed by atoms with Crippen molar-refractivity contribution in [3.05, 3.63) is 68.7 Å². The molecule has 0 aliphatic carbocycles. The first kappa shape index (κ1) is 17.5. The van der Waals surface area contributed by atoms with E-state index < -0.39 is 0 Å². The van der Waals surface area contributed by atoms with Gasteiger partial charge in [0, 0.05) is 29.3 Å². The fraction of sp³-hybridized carbons (Fsp3) is 0.235. The number of aromatic nitrogens is 3. The largest absolute Gasteiger partial charge is 0.356 e. The first-order chi connectivity index (χ1) is 12.0. The van der Waals surface area contributed by atoms with Crippen LogP contribution in [0.5, 0.6) is 0 Å². The zero-order valence-electron chi connectivity index (χ0n) is 13.3. The number of hydrogen-bond acceptors (Lipinski definition) is 3. The minimum Gasteiger partial charge on any atom is -0.356 e. The van der Waals surface area contributed by atoms with Gasteiger partial charge in [-0.05, 0) is 36.2 Å². The summed E-state index contributed by atoms with van der Waals surface area (Å²) < 4.78 is 2.89. The molecule has 0 fully saturated rings. The van der Waals surface area contributed by atoms with E-state index >= 15 is 0 Å². The third-order valence-corrected chi connectivity index (χ3v) is 4.31. The normalized spacial score (nSPS) is 11.0. The Balaban J connectivity index is 1.50. The lowest BCUT2D eigenvalue weighted by molar-refractivity contribution is -0.120. The van der Waals surface area contributed by atoms with Crippen molar-refractivity contribution in [2.45, 2.75) is 19.4 Å². The highest BCUT2D eigenvalue weighted by Gasteiger charge is 2.08. The van der Waals surface area contributed by atoms with E-state index in [4.69, 9.17) is 23.2 Å². The molecule has 25 heavy (non-hydrogen) atoms. The van der Waals surface area contributed by atoms with Crippen molar-refractivity contribution in [1.82, 2.24) is 19.5 Å². The number of carbonyl (C=O) groups excluding carboxylic acids is 1. The van der Waals surface area contributed by atoms with Gasteiger partial charge in [-0.15, -0.1) is 5.10 Å². The number of hydrogen-bond donors (Lipinski definition) is 1. The highest BCUT2D eigenvalue weighted by molar-refractivity contribution is 6.35. The van der Waals surface area contributed by atoms with E-state index in [0.717, 1.165) is 5.56 Å². The first-order valence-electron chi connectivity index (χ1n) is 7.79. The monoisotopic (exact) mass is 378 g/mol. The van der Waals surface area contributed by atoms with Crippen LogP contribution in [0.15, 0.2) is 47.4 Å². The topological polar surface area (TPSA) is 68.4 Å². The lowest BCUT2D eigenvalue weighted by Gasteiger charge is -2.07. The molecule has 0 aliphatic rings. The van der Waals surface area contributed by atoms with E-state index in [1.165, 1.54) is 9.08 Å². The van der Waals surface area contributed by atoms with Crippen molar-refractivity contribution in [3.8, 4) is 0 Å². The molecule has 1 aromatic carbocycles. The van der Waals surface area contributed by atoms with Crippen LogP contribution < -0.4 is 11.0 Å². The highest BCUT2D eigenvalue weighted by Crippen LogP contribution is 2.21. The average Bonchev–Trinajstić information content (AvgIpc) is 2.91.